The normalized spacial score (nSPS) is 29.3. The number of hydrogen-bond acceptors (Lipinski definition) is 7. The van der Waals surface area contributed by atoms with Gasteiger partial charge in [-0.25, -0.2) is 4.79 Å². The molecule has 0 bridgehead atoms. The van der Waals surface area contributed by atoms with E-state index in [0.717, 1.165) is 80.6 Å². The van der Waals surface area contributed by atoms with Crippen molar-refractivity contribution in [1.29, 1.82) is 0 Å². The second kappa shape index (κ2) is 31.7. The molecule has 2 unspecified atom stereocenters. The second-order valence-electron chi connectivity index (χ2n) is 23.4. The van der Waals surface area contributed by atoms with Crippen molar-refractivity contribution < 1.29 is 28.5 Å². The van der Waals surface area contributed by atoms with Crippen molar-refractivity contribution in [3.63, 3.8) is 0 Å². The Morgan fingerprint density at radius 1 is 0.779 bits per heavy atom. The maximum Gasteiger partial charge on any atom is 0.407 e. The fourth-order valence-electron chi connectivity index (χ4n) is 13.9. The molecule has 0 spiro atoms. The van der Waals surface area contributed by atoms with Gasteiger partial charge in [0.05, 0.1) is 45.7 Å². The summed E-state index contributed by atoms with van der Waals surface area (Å²) in [6, 6.07) is 0.568. The minimum Gasteiger partial charge on any atom is -0.446 e. The Hall–Kier alpha value is -1.71. The molecule has 1 heterocycles. The zero-order valence-electron chi connectivity index (χ0n) is 45.2. The summed E-state index contributed by atoms with van der Waals surface area (Å²) in [4.78, 5) is 15.3. The Bertz CT molecular complexity index is 1460. The number of fused-ring (bicyclic) bond motifs is 5. The topological polar surface area (TPSA) is 78.5 Å². The van der Waals surface area contributed by atoms with Gasteiger partial charge >= 0.3 is 6.09 Å². The van der Waals surface area contributed by atoms with E-state index in [0.29, 0.717) is 57.6 Å². The lowest BCUT2D eigenvalue weighted by molar-refractivity contribution is -0.0582. The minimum absolute atomic E-state index is 0.0373. The van der Waals surface area contributed by atoms with Gasteiger partial charge in [0.25, 0.3) is 0 Å². The van der Waals surface area contributed by atoms with Crippen LogP contribution in [0.4, 0.5) is 4.79 Å². The average molecular weight is 952 g/mol. The van der Waals surface area contributed by atoms with E-state index >= 15 is 0 Å². The standard InChI is InChI=1S/C60H106N2O6/c1-8-9-10-11-12-13-14-15-16-17-18-19-20-21-22-23-39-66-47-53(46-51-28-25-38-62(51)7)67-44-43-65-42-41-64-40-37-61-58(63)68-52-33-35-59(5)50(45-52)29-30-54-56-32-31-55(49(4)27-24-26-48(2)3)60(56,6)36-34-57(54)59/h12-13,15-16,29,48-49,51-57H,8-11,14,17-28,30-47H2,1-7H3,(H,61,63)/b13-12-,16-15-/t49-,51?,52+,53?,54+,55-,56+,57+,59+,60-/m1/s1. The van der Waals surface area contributed by atoms with Crippen molar-refractivity contribution in [2.75, 3.05) is 66.4 Å². The summed E-state index contributed by atoms with van der Waals surface area (Å²) >= 11 is 0. The van der Waals surface area contributed by atoms with E-state index in [1.807, 2.05) is 0 Å². The number of carbonyl (C=O) groups is 1. The van der Waals surface area contributed by atoms with E-state index in [1.54, 1.807) is 5.57 Å². The molecule has 8 nitrogen and oxygen atoms in total. The SMILES string of the molecule is CCCCC/C=C\C/C=C\CCCCCCCCOCC(CC1CCCN1C)OCCOCCOCCNC(=O)O[C@H]1CC[C@@]2(C)C(=CC[C@H]3[C@@H]4CC[C@H]([C@H](C)CCCC(C)C)[C@@]4(C)CC[C@@H]32)C1. The Morgan fingerprint density at radius 2 is 1.51 bits per heavy atom. The van der Waals surface area contributed by atoms with Crippen LogP contribution < -0.4 is 5.32 Å². The summed E-state index contributed by atoms with van der Waals surface area (Å²) in [6.45, 7) is 20.4. The van der Waals surface area contributed by atoms with Crippen molar-refractivity contribution in [2.24, 2.45) is 46.3 Å². The molecule has 5 aliphatic rings. The van der Waals surface area contributed by atoms with Crippen LogP contribution in [0.2, 0.25) is 0 Å². The molecule has 1 N–H and O–H groups in total. The number of unbranched alkanes of at least 4 members (excludes halogenated alkanes) is 9. The predicted molar refractivity (Wildman–Crippen MR) is 283 cm³/mol. The molecular formula is C60H106N2O6. The van der Waals surface area contributed by atoms with Crippen LogP contribution in [0, 0.1) is 46.3 Å². The number of likely N-dealkylation sites (tertiary alicyclic amines) is 1. The number of alkyl carbamates (subject to hydrolysis) is 1. The lowest BCUT2D eigenvalue weighted by atomic mass is 9.47. The van der Waals surface area contributed by atoms with Crippen LogP contribution in [0.1, 0.15) is 208 Å². The van der Waals surface area contributed by atoms with Gasteiger partial charge in [-0.05, 0) is 163 Å². The number of ether oxygens (including phenoxy) is 5. The number of rotatable bonds is 35. The van der Waals surface area contributed by atoms with Crippen LogP contribution in [0.15, 0.2) is 36.0 Å². The number of allylic oxidation sites excluding steroid dienone is 5. The van der Waals surface area contributed by atoms with E-state index in [4.69, 9.17) is 23.7 Å². The molecule has 5 rings (SSSR count). The maximum atomic E-state index is 12.9. The van der Waals surface area contributed by atoms with Crippen molar-refractivity contribution in [2.45, 2.75) is 227 Å². The maximum absolute atomic E-state index is 12.9. The van der Waals surface area contributed by atoms with Gasteiger partial charge in [-0.15, -0.1) is 0 Å². The lowest BCUT2D eigenvalue weighted by Crippen LogP contribution is -2.51. The summed E-state index contributed by atoms with van der Waals surface area (Å²) in [5.74, 6) is 5.03. The van der Waals surface area contributed by atoms with Gasteiger partial charge in [-0.2, -0.15) is 0 Å². The monoisotopic (exact) mass is 951 g/mol. The molecule has 8 heteroatoms. The molecule has 3 saturated carbocycles. The molecule has 0 aromatic carbocycles. The number of nitrogens with one attached hydrogen (secondary N) is 1. The minimum atomic E-state index is -0.318. The molecule has 1 aliphatic heterocycles. The molecule has 68 heavy (non-hydrogen) atoms. The van der Waals surface area contributed by atoms with Gasteiger partial charge in [0.2, 0.25) is 0 Å². The zero-order valence-corrected chi connectivity index (χ0v) is 45.2. The third kappa shape index (κ3) is 18.7. The quantitative estimate of drug-likeness (QED) is 0.0501. The highest BCUT2D eigenvalue weighted by Crippen LogP contribution is 2.67. The lowest BCUT2D eigenvalue weighted by Gasteiger charge is -2.58. The van der Waals surface area contributed by atoms with Gasteiger partial charge in [0, 0.05) is 25.6 Å². The molecule has 4 aliphatic carbocycles. The summed E-state index contributed by atoms with van der Waals surface area (Å²) in [7, 11) is 2.23. The molecule has 1 amide bonds. The van der Waals surface area contributed by atoms with Crippen LogP contribution in [-0.2, 0) is 23.7 Å². The molecule has 1 saturated heterocycles. The molecule has 10 atom stereocenters. The average Bonchev–Trinajstić information content (AvgIpc) is 3.90. The van der Waals surface area contributed by atoms with Gasteiger partial charge in [-0.3, -0.25) is 0 Å². The molecule has 0 aromatic rings. The van der Waals surface area contributed by atoms with Gasteiger partial charge < -0.3 is 33.9 Å². The van der Waals surface area contributed by atoms with E-state index < -0.39 is 0 Å². The third-order valence-corrected chi connectivity index (χ3v) is 18.0. The summed E-state index contributed by atoms with van der Waals surface area (Å²) < 4.78 is 30.2. The van der Waals surface area contributed by atoms with E-state index in [9.17, 15) is 4.79 Å². The predicted octanol–water partition coefficient (Wildman–Crippen LogP) is 14.9. The van der Waals surface area contributed by atoms with E-state index in [-0.39, 0.29) is 23.7 Å². The number of amides is 1. The smallest absolute Gasteiger partial charge is 0.407 e. The van der Waals surface area contributed by atoms with Crippen LogP contribution >= 0.6 is 0 Å². The van der Waals surface area contributed by atoms with Gasteiger partial charge in [-0.1, -0.05) is 135 Å². The number of carbonyl (C=O) groups excluding carboxylic acids is 1. The van der Waals surface area contributed by atoms with Crippen LogP contribution in [0.5, 0.6) is 0 Å². The Labute approximate surface area is 418 Å². The van der Waals surface area contributed by atoms with E-state index in [2.05, 4.69) is 89.2 Å². The number of nitrogens with zero attached hydrogens (tertiary/aromatic N) is 1. The van der Waals surface area contributed by atoms with Crippen molar-refractivity contribution in [3.05, 3.63) is 36.0 Å². The fraction of sp³-hybridized carbons (Fsp3) is 0.883. The molecule has 4 fully saturated rings. The highest BCUT2D eigenvalue weighted by atomic mass is 16.6. The molecule has 392 valence electrons. The van der Waals surface area contributed by atoms with Crippen molar-refractivity contribution in [3.8, 4) is 0 Å². The third-order valence-electron chi connectivity index (χ3n) is 18.0. The van der Waals surface area contributed by atoms with Crippen LogP contribution in [-0.4, -0.2) is 95.6 Å². The highest BCUT2D eigenvalue weighted by molar-refractivity contribution is 5.67. The highest BCUT2D eigenvalue weighted by Gasteiger charge is 2.59. The van der Waals surface area contributed by atoms with Crippen LogP contribution in [0.25, 0.3) is 0 Å². The first-order valence-electron chi connectivity index (χ1n) is 29.0. The zero-order chi connectivity index (χ0) is 48.5. The molecular weight excluding hydrogens is 845 g/mol. The first-order valence-corrected chi connectivity index (χ1v) is 29.0. The van der Waals surface area contributed by atoms with Crippen molar-refractivity contribution in [1.82, 2.24) is 10.2 Å². The largest absolute Gasteiger partial charge is 0.446 e. The van der Waals surface area contributed by atoms with Crippen molar-refractivity contribution >= 4 is 6.09 Å². The second-order valence-corrected chi connectivity index (χ2v) is 23.4. The Balaban J connectivity index is 0.867. The Kier molecular flexibility index (Phi) is 26.6. The summed E-state index contributed by atoms with van der Waals surface area (Å²) in [5, 5.41) is 2.94. The fourth-order valence-corrected chi connectivity index (χ4v) is 13.9. The summed E-state index contributed by atoms with van der Waals surface area (Å²) in [6.07, 6.45) is 44.3. The van der Waals surface area contributed by atoms with Gasteiger partial charge in [0.1, 0.15) is 6.10 Å². The van der Waals surface area contributed by atoms with E-state index in [1.165, 1.54) is 135 Å². The summed E-state index contributed by atoms with van der Waals surface area (Å²) in [5.41, 5.74) is 2.34. The first kappa shape index (κ1) is 57.2. The number of hydrogen-bond donors (Lipinski definition) is 1. The molecule has 0 radical (unpaired) electrons. The Morgan fingerprint density at radius 3 is 2.26 bits per heavy atom. The van der Waals surface area contributed by atoms with Gasteiger partial charge in [0.15, 0.2) is 0 Å². The molecule has 0 aromatic heterocycles. The first-order chi connectivity index (χ1) is 33.0. The van der Waals surface area contributed by atoms with Crippen LogP contribution in [0.3, 0.4) is 0 Å².